The summed E-state index contributed by atoms with van der Waals surface area (Å²) in [6.07, 6.45) is 0. The molecule has 0 saturated carbocycles. The maximum Gasteiger partial charge on any atom is 0.312 e. The van der Waals surface area contributed by atoms with Gasteiger partial charge in [-0.25, -0.2) is 0 Å². The molecule has 0 aromatic heterocycles. The fourth-order valence-corrected chi connectivity index (χ4v) is 1.03. The number of hydrogen-bond donors (Lipinski definition) is 2. The average Bonchev–Trinajstić information content (AvgIpc) is 2.00. The monoisotopic (exact) mass is 233 g/mol. The van der Waals surface area contributed by atoms with E-state index in [9.17, 15) is 10.1 Å². The van der Waals surface area contributed by atoms with Crippen molar-refractivity contribution in [3.05, 3.63) is 26.7 Å². The van der Waals surface area contributed by atoms with Crippen molar-refractivity contribution in [2.45, 2.75) is 0 Å². The SMILES string of the molecule is O=[N+]([O-])c1ccc(O)c(Br)c1O. The van der Waals surface area contributed by atoms with Crippen LogP contribution in [0, 0.1) is 10.1 Å². The summed E-state index contributed by atoms with van der Waals surface area (Å²) >= 11 is 2.79. The minimum absolute atomic E-state index is 0.0725. The summed E-state index contributed by atoms with van der Waals surface area (Å²) in [5, 5.41) is 28.3. The molecule has 0 radical (unpaired) electrons. The largest absolute Gasteiger partial charge is 0.507 e. The lowest BCUT2D eigenvalue weighted by Gasteiger charge is -1.99. The summed E-state index contributed by atoms with van der Waals surface area (Å²) in [6.45, 7) is 0. The van der Waals surface area contributed by atoms with Crippen LogP contribution in [-0.4, -0.2) is 15.1 Å². The highest BCUT2D eigenvalue weighted by Crippen LogP contribution is 2.39. The van der Waals surface area contributed by atoms with Crippen LogP contribution in [0.15, 0.2) is 16.6 Å². The van der Waals surface area contributed by atoms with Crippen LogP contribution in [0.1, 0.15) is 0 Å². The minimum Gasteiger partial charge on any atom is -0.507 e. The van der Waals surface area contributed by atoms with E-state index < -0.39 is 16.4 Å². The van der Waals surface area contributed by atoms with Gasteiger partial charge in [-0.05, 0) is 22.0 Å². The quantitative estimate of drug-likeness (QED) is 0.572. The van der Waals surface area contributed by atoms with Gasteiger partial charge in [0.2, 0.25) is 5.75 Å². The van der Waals surface area contributed by atoms with E-state index in [1.165, 1.54) is 0 Å². The summed E-state index contributed by atoms with van der Waals surface area (Å²) in [4.78, 5) is 9.49. The third-order valence-electron chi connectivity index (χ3n) is 1.27. The molecule has 6 heteroatoms. The Morgan fingerprint density at radius 1 is 1.42 bits per heavy atom. The van der Waals surface area contributed by atoms with E-state index >= 15 is 0 Å². The van der Waals surface area contributed by atoms with E-state index in [2.05, 4.69) is 15.9 Å². The van der Waals surface area contributed by atoms with Crippen LogP contribution < -0.4 is 0 Å². The third-order valence-corrected chi connectivity index (χ3v) is 2.05. The second-order valence-corrected chi connectivity index (χ2v) is 2.82. The smallest absolute Gasteiger partial charge is 0.312 e. The van der Waals surface area contributed by atoms with Gasteiger partial charge in [0, 0.05) is 6.07 Å². The molecule has 64 valence electrons. The van der Waals surface area contributed by atoms with Crippen molar-refractivity contribution in [1.29, 1.82) is 0 Å². The Balaban J connectivity index is 3.36. The molecule has 1 aromatic carbocycles. The van der Waals surface area contributed by atoms with Gasteiger partial charge < -0.3 is 10.2 Å². The van der Waals surface area contributed by atoms with Crippen LogP contribution in [0.3, 0.4) is 0 Å². The van der Waals surface area contributed by atoms with Crippen molar-refractivity contribution in [1.82, 2.24) is 0 Å². The highest BCUT2D eigenvalue weighted by Gasteiger charge is 2.17. The average molecular weight is 234 g/mol. The summed E-state index contributed by atoms with van der Waals surface area (Å²) in [6, 6.07) is 2.15. The number of nitro groups is 1. The van der Waals surface area contributed by atoms with Crippen LogP contribution >= 0.6 is 15.9 Å². The molecule has 1 rings (SSSR count). The maximum absolute atomic E-state index is 10.2. The molecule has 0 unspecified atom stereocenters. The first-order valence-electron chi connectivity index (χ1n) is 2.89. The van der Waals surface area contributed by atoms with Crippen molar-refractivity contribution < 1.29 is 15.1 Å². The van der Waals surface area contributed by atoms with Gasteiger partial charge in [-0.2, -0.15) is 0 Å². The first-order valence-corrected chi connectivity index (χ1v) is 3.68. The molecule has 2 N–H and O–H groups in total. The number of benzene rings is 1. The Labute approximate surface area is 75.5 Å². The molecule has 0 aliphatic heterocycles. The first-order chi connectivity index (χ1) is 5.54. The lowest BCUT2D eigenvalue weighted by Crippen LogP contribution is -1.88. The molecule has 0 heterocycles. The first kappa shape index (κ1) is 8.79. The van der Waals surface area contributed by atoms with Gasteiger partial charge in [0.05, 0.1) is 4.92 Å². The van der Waals surface area contributed by atoms with Crippen LogP contribution in [-0.2, 0) is 0 Å². The molecular weight excluding hydrogens is 230 g/mol. The fraction of sp³-hybridized carbons (Fsp3) is 0. The Morgan fingerprint density at radius 2 is 2.00 bits per heavy atom. The Morgan fingerprint density at radius 3 is 2.50 bits per heavy atom. The van der Waals surface area contributed by atoms with Crippen LogP contribution in [0.4, 0.5) is 5.69 Å². The number of aromatic hydroxyl groups is 2. The lowest BCUT2D eigenvalue weighted by molar-refractivity contribution is -0.386. The van der Waals surface area contributed by atoms with Gasteiger partial charge in [0.15, 0.2) is 0 Å². The number of phenols is 2. The molecule has 0 atom stereocenters. The van der Waals surface area contributed by atoms with E-state index in [0.29, 0.717) is 0 Å². The number of hydrogen-bond acceptors (Lipinski definition) is 4. The van der Waals surface area contributed by atoms with Gasteiger partial charge in [-0.15, -0.1) is 0 Å². The van der Waals surface area contributed by atoms with Crippen molar-refractivity contribution in [2.24, 2.45) is 0 Å². The van der Waals surface area contributed by atoms with Crippen molar-refractivity contribution >= 4 is 21.6 Å². The number of nitro benzene ring substituents is 1. The summed E-state index contributed by atoms with van der Waals surface area (Å²) < 4.78 is -0.0725. The highest BCUT2D eigenvalue weighted by atomic mass is 79.9. The molecule has 0 saturated heterocycles. The normalized spacial score (nSPS) is 9.75. The van der Waals surface area contributed by atoms with E-state index in [-0.39, 0.29) is 10.2 Å². The minimum atomic E-state index is -0.737. The lowest BCUT2D eigenvalue weighted by atomic mass is 10.3. The molecule has 0 fully saturated rings. The van der Waals surface area contributed by atoms with Crippen LogP contribution in [0.5, 0.6) is 11.5 Å². The Hall–Kier alpha value is -1.30. The second-order valence-electron chi connectivity index (χ2n) is 2.02. The number of halogens is 1. The van der Waals surface area contributed by atoms with Gasteiger partial charge in [-0.3, -0.25) is 10.1 Å². The van der Waals surface area contributed by atoms with Gasteiger partial charge >= 0.3 is 5.69 Å². The van der Waals surface area contributed by atoms with Crippen LogP contribution in [0.2, 0.25) is 0 Å². The molecule has 0 aliphatic carbocycles. The number of nitrogens with zero attached hydrogens (tertiary/aromatic N) is 1. The second kappa shape index (κ2) is 2.98. The molecular formula is C6H4BrNO4. The van der Waals surface area contributed by atoms with Gasteiger partial charge in [-0.1, -0.05) is 0 Å². The standard InChI is InChI=1S/C6H4BrNO4/c7-5-4(9)2-1-3(6(5)10)8(11)12/h1-2,9-10H. The molecule has 5 nitrogen and oxygen atoms in total. The highest BCUT2D eigenvalue weighted by molar-refractivity contribution is 9.10. The molecule has 0 aliphatic rings. The topological polar surface area (TPSA) is 83.6 Å². The van der Waals surface area contributed by atoms with E-state index in [1.807, 2.05) is 0 Å². The van der Waals surface area contributed by atoms with Crippen molar-refractivity contribution in [3.8, 4) is 11.5 Å². The van der Waals surface area contributed by atoms with E-state index in [1.54, 1.807) is 0 Å². The summed E-state index contributed by atoms with van der Waals surface area (Å²) in [5.41, 5.74) is -0.445. The summed E-state index contributed by atoms with van der Waals surface area (Å²) in [5.74, 6) is -0.807. The maximum atomic E-state index is 10.2. The Bertz CT molecular complexity index is 339. The molecule has 1 aromatic rings. The van der Waals surface area contributed by atoms with Crippen molar-refractivity contribution in [2.75, 3.05) is 0 Å². The van der Waals surface area contributed by atoms with Crippen molar-refractivity contribution in [3.63, 3.8) is 0 Å². The fourth-order valence-electron chi connectivity index (χ4n) is 0.691. The van der Waals surface area contributed by atoms with Crippen LogP contribution in [0.25, 0.3) is 0 Å². The number of phenolic OH excluding ortho intramolecular Hbond substituents is 2. The number of rotatable bonds is 1. The van der Waals surface area contributed by atoms with Gasteiger partial charge in [0.25, 0.3) is 0 Å². The van der Waals surface area contributed by atoms with E-state index in [4.69, 9.17) is 10.2 Å². The molecule has 0 spiro atoms. The van der Waals surface area contributed by atoms with Gasteiger partial charge in [0.1, 0.15) is 10.2 Å². The molecule has 12 heavy (non-hydrogen) atoms. The summed E-state index contributed by atoms with van der Waals surface area (Å²) in [7, 11) is 0. The third kappa shape index (κ3) is 1.33. The molecule has 0 bridgehead atoms. The predicted molar refractivity (Wildman–Crippen MR) is 44.1 cm³/mol. The van der Waals surface area contributed by atoms with E-state index in [0.717, 1.165) is 12.1 Å². The molecule has 0 amide bonds. The zero-order valence-electron chi connectivity index (χ0n) is 5.69. The predicted octanol–water partition coefficient (Wildman–Crippen LogP) is 1.77. The zero-order valence-corrected chi connectivity index (χ0v) is 7.28. The Kier molecular flexibility index (Phi) is 2.18. The zero-order chi connectivity index (χ0) is 9.30.